The molecule has 0 fully saturated rings. The first-order valence-corrected chi connectivity index (χ1v) is 3.73. The molecule has 0 amide bonds. The Hall–Kier alpha value is -1.50. The average Bonchev–Trinajstić information content (AvgIpc) is 1.82. The van der Waals surface area contributed by atoms with E-state index in [9.17, 15) is 0 Å². The fourth-order valence-electron chi connectivity index (χ4n) is 1.22. The number of guanidine groups is 1. The second kappa shape index (κ2) is 2.86. The van der Waals surface area contributed by atoms with Gasteiger partial charge < -0.3 is 5.32 Å². The van der Waals surface area contributed by atoms with E-state index < -0.39 is 0 Å². The van der Waals surface area contributed by atoms with Crippen LogP contribution in [0.4, 0.5) is 0 Å². The molecule has 1 aliphatic heterocycles. The molecular weight excluding hydrogens is 152 g/mol. The van der Waals surface area contributed by atoms with Crippen LogP contribution in [0.25, 0.3) is 0 Å². The predicted molar refractivity (Wildman–Crippen MR) is 47.2 cm³/mol. The molecule has 1 heterocycles. The third-order valence-corrected chi connectivity index (χ3v) is 1.53. The maximum Gasteiger partial charge on any atom is 0.209 e. The van der Waals surface area contributed by atoms with Crippen molar-refractivity contribution in [2.45, 2.75) is 25.8 Å². The van der Waals surface area contributed by atoms with Gasteiger partial charge in [-0.2, -0.15) is 5.26 Å². The molecule has 64 valence electrons. The highest BCUT2D eigenvalue weighted by molar-refractivity contribution is 5.84. The maximum absolute atomic E-state index is 8.36. The Morgan fingerprint density at radius 2 is 2.42 bits per heavy atom. The molecule has 0 saturated heterocycles. The highest BCUT2D eigenvalue weighted by Crippen LogP contribution is 2.20. The minimum Gasteiger partial charge on any atom is -0.330 e. The molecule has 0 aromatic carbocycles. The molecule has 0 spiro atoms. The van der Waals surface area contributed by atoms with Crippen LogP contribution in [0.2, 0.25) is 0 Å². The lowest BCUT2D eigenvalue weighted by Crippen LogP contribution is -2.42. The van der Waals surface area contributed by atoms with Crippen LogP contribution in [0.5, 0.6) is 0 Å². The Kier molecular flexibility index (Phi) is 2.05. The van der Waals surface area contributed by atoms with Crippen molar-refractivity contribution in [1.29, 1.82) is 5.26 Å². The van der Waals surface area contributed by atoms with E-state index in [2.05, 4.69) is 22.2 Å². The minimum absolute atomic E-state index is 0.165. The summed E-state index contributed by atoms with van der Waals surface area (Å²) in [5.74, 6) is 0.485. The van der Waals surface area contributed by atoms with Gasteiger partial charge in [-0.1, -0.05) is 6.58 Å². The summed E-state index contributed by atoms with van der Waals surface area (Å²) in [4.78, 5) is 4.27. The van der Waals surface area contributed by atoms with Crippen LogP contribution < -0.4 is 10.6 Å². The van der Waals surface area contributed by atoms with E-state index in [-0.39, 0.29) is 5.54 Å². The van der Waals surface area contributed by atoms with E-state index in [4.69, 9.17) is 5.26 Å². The maximum atomic E-state index is 8.36. The fourth-order valence-corrected chi connectivity index (χ4v) is 1.22. The molecule has 0 aliphatic carbocycles. The number of rotatable bonds is 0. The molecule has 0 bridgehead atoms. The van der Waals surface area contributed by atoms with E-state index in [1.807, 2.05) is 20.0 Å². The van der Waals surface area contributed by atoms with Crippen LogP contribution in [-0.4, -0.2) is 11.5 Å². The molecule has 2 N–H and O–H groups in total. The number of nitrogens with one attached hydrogen (secondary N) is 2. The molecule has 0 saturated carbocycles. The zero-order valence-electron chi connectivity index (χ0n) is 7.31. The molecule has 0 aromatic heterocycles. The van der Waals surface area contributed by atoms with E-state index >= 15 is 0 Å². The Bertz CT molecular complexity index is 269. The molecule has 1 aliphatic rings. The van der Waals surface area contributed by atoms with Crippen molar-refractivity contribution >= 4 is 5.96 Å². The molecule has 4 heteroatoms. The van der Waals surface area contributed by atoms with Crippen molar-refractivity contribution in [2.75, 3.05) is 0 Å². The van der Waals surface area contributed by atoms with Gasteiger partial charge in [-0.25, -0.2) is 4.99 Å². The summed E-state index contributed by atoms with van der Waals surface area (Å²) in [6, 6.07) is 0. The Balaban J connectivity index is 2.82. The van der Waals surface area contributed by atoms with Gasteiger partial charge in [0.2, 0.25) is 5.96 Å². The Morgan fingerprint density at radius 1 is 1.75 bits per heavy atom. The van der Waals surface area contributed by atoms with Gasteiger partial charge in [-0.05, 0) is 13.8 Å². The van der Waals surface area contributed by atoms with Crippen LogP contribution in [0, 0.1) is 11.5 Å². The highest BCUT2D eigenvalue weighted by Gasteiger charge is 2.23. The van der Waals surface area contributed by atoms with Crippen LogP contribution in [0.3, 0.4) is 0 Å². The van der Waals surface area contributed by atoms with Crippen molar-refractivity contribution in [3.8, 4) is 6.19 Å². The van der Waals surface area contributed by atoms with Gasteiger partial charge in [0.05, 0.1) is 5.54 Å². The summed E-state index contributed by atoms with van der Waals surface area (Å²) in [6.45, 7) is 7.80. The largest absolute Gasteiger partial charge is 0.330 e. The fraction of sp³-hybridized carbons (Fsp3) is 0.500. The Morgan fingerprint density at radius 3 is 2.92 bits per heavy atom. The third-order valence-electron chi connectivity index (χ3n) is 1.53. The quantitative estimate of drug-likeness (QED) is 0.409. The van der Waals surface area contributed by atoms with E-state index in [0.717, 1.165) is 12.1 Å². The first-order valence-electron chi connectivity index (χ1n) is 3.73. The molecular formula is C8H12N4. The topological polar surface area (TPSA) is 60.2 Å². The molecule has 1 rings (SSSR count). The standard InChI is InChI=1S/C8H12N4/c1-6-4-8(2,3)12-7(11-6)10-5-9/h1,4H2,2-3H3,(H2,10,11,12). The number of aliphatic imine (C=N–C) groups is 1. The predicted octanol–water partition coefficient (Wildman–Crippen LogP) is 0.699. The van der Waals surface area contributed by atoms with Gasteiger partial charge in [-0.15, -0.1) is 0 Å². The van der Waals surface area contributed by atoms with Gasteiger partial charge in [0, 0.05) is 12.1 Å². The zero-order chi connectivity index (χ0) is 9.19. The average molecular weight is 164 g/mol. The van der Waals surface area contributed by atoms with Crippen LogP contribution in [0.1, 0.15) is 20.3 Å². The van der Waals surface area contributed by atoms with Gasteiger partial charge in [0.15, 0.2) is 6.19 Å². The Labute approximate surface area is 72.0 Å². The second-order valence-electron chi connectivity index (χ2n) is 3.41. The van der Waals surface area contributed by atoms with Crippen molar-refractivity contribution in [2.24, 2.45) is 4.99 Å². The lowest BCUT2D eigenvalue weighted by Gasteiger charge is -2.28. The normalized spacial score (nSPS) is 20.4. The summed E-state index contributed by atoms with van der Waals surface area (Å²) in [5.41, 5.74) is 0.717. The summed E-state index contributed by atoms with van der Waals surface area (Å²) < 4.78 is 0. The van der Waals surface area contributed by atoms with Gasteiger partial charge >= 0.3 is 0 Å². The zero-order valence-corrected chi connectivity index (χ0v) is 7.31. The lowest BCUT2D eigenvalue weighted by atomic mass is 9.98. The summed E-state index contributed by atoms with van der Waals surface area (Å²) in [7, 11) is 0. The second-order valence-corrected chi connectivity index (χ2v) is 3.41. The van der Waals surface area contributed by atoms with Gasteiger partial charge in [0.25, 0.3) is 0 Å². The number of nitrogens with zero attached hydrogens (tertiary/aromatic N) is 2. The summed E-state index contributed by atoms with van der Waals surface area (Å²) in [5, 5.41) is 13.7. The van der Waals surface area contributed by atoms with Gasteiger partial charge in [0.1, 0.15) is 0 Å². The van der Waals surface area contributed by atoms with E-state index in [1.54, 1.807) is 0 Å². The smallest absolute Gasteiger partial charge is 0.209 e. The van der Waals surface area contributed by atoms with Crippen LogP contribution in [-0.2, 0) is 0 Å². The first-order chi connectivity index (χ1) is 5.53. The minimum atomic E-state index is -0.165. The summed E-state index contributed by atoms with van der Waals surface area (Å²) >= 11 is 0. The lowest BCUT2D eigenvalue weighted by molar-refractivity contribution is 0.488. The number of hydrogen-bond donors (Lipinski definition) is 2. The van der Waals surface area contributed by atoms with Crippen LogP contribution >= 0.6 is 0 Å². The molecule has 12 heavy (non-hydrogen) atoms. The molecule has 0 radical (unpaired) electrons. The molecule has 0 unspecified atom stereocenters. The van der Waals surface area contributed by atoms with Crippen molar-refractivity contribution in [3.63, 3.8) is 0 Å². The molecule has 4 nitrogen and oxygen atoms in total. The first kappa shape index (κ1) is 8.60. The van der Waals surface area contributed by atoms with Crippen molar-refractivity contribution in [3.05, 3.63) is 12.3 Å². The van der Waals surface area contributed by atoms with Gasteiger partial charge in [-0.3, -0.25) is 5.32 Å². The number of nitriles is 1. The number of hydrogen-bond acceptors (Lipinski definition) is 4. The third kappa shape index (κ3) is 1.99. The monoisotopic (exact) mass is 164 g/mol. The van der Waals surface area contributed by atoms with Crippen LogP contribution in [0.15, 0.2) is 17.3 Å². The summed E-state index contributed by atoms with van der Waals surface area (Å²) in [6.07, 6.45) is 2.61. The molecule has 0 atom stereocenters. The SMILES string of the molecule is C=C1CC(C)(C)N=C(NC#N)N1. The molecule has 0 aromatic rings. The van der Waals surface area contributed by atoms with Crippen molar-refractivity contribution in [1.82, 2.24) is 10.6 Å². The van der Waals surface area contributed by atoms with E-state index in [1.165, 1.54) is 0 Å². The van der Waals surface area contributed by atoms with E-state index in [0.29, 0.717) is 5.96 Å². The van der Waals surface area contributed by atoms with Crippen molar-refractivity contribution < 1.29 is 0 Å². The highest BCUT2D eigenvalue weighted by atomic mass is 15.2.